The fourth-order valence-corrected chi connectivity index (χ4v) is 4.10. The van der Waals surface area contributed by atoms with Crippen molar-refractivity contribution in [1.29, 1.82) is 0 Å². The van der Waals surface area contributed by atoms with Gasteiger partial charge in [-0.25, -0.2) is 4.98 Å². The van der Waals surface area contributed by atoms with E-state index in [1.165, 1.54) is 4.88 Å². The SMILES string of the molecule is CCc1cc(C(=O)N2CCC[C@H](c3nccn3CCOC)C2)cs1. The highest BCUT2D eigenvalue weighted by Crippen LogP contribution is 2.27. The minimum atomic E-state index is 0.158. The molecule has 1 aliphatic rings. The lowest BCUT2D eigenvalue weighted by Crippen LogP contribution is -2.39. The molecule has 3 heterocycles. The maximum atomic E-state index is 12.8. The number of rotatable bonds is 6. The Morgan fingerprint density at radius 1 is 1.50 bits per heavy atom. The molecule has 0 saturated carbocycles. The highest BCUT2D eigenvalue weighted by molar-refractivity contribution is 7.10. The first-order valence-electron chi connectivity index (χ1n) is 8.59. The Kier molecular flexibility index (Phi) is 5.68. The van der Waals surface area contributed by atoms with Crippen LogP contribution in [0.25, 0.3) is 0 Å². The second kappa shape index (κ2) is 7.94. The lowest BCUT2D eigenvalue weighted by molar-refractivity contribution is 0.0703. The van der Waals surface area contributed by atoms with Crippen LogP contribution in [-0.4, -0.2) is 47.2 Å². The summed E-state index contributed by atoms with van der Waals surface area (Å²) in [6.45, 7) is 5.19. The van der Waals surface area contributed by atoms with Gasteiger partial charge in [0.05, 0.1) is 12.2 Å². The molecule has 2 aromatic rings. The molecule has 0 bridgehead atoms. The minimum Gasteiger partial charge on any atom is -0.383 e. The number of piperidine rings is 1. The van der Waals surface area contributed by atoms with Crippen LogP contribution >= 0.6 is 11.3 Å². The van der Waals surface area contributed by atoms with Crippen molar-refractivity contribution in [2.75, 3.05) is 26.8 Å². The van der Waals surface area contributed by atoms with E-state index in [0.717, 1.165) is 50.3 Å². The Morgan fingerprint density at radius 2 is 2.38 bits per heavy atom. The normalized spacial score (nSPS) is 18.1. The smallest absolute Gasteiger partial charge is 0.254 e. The number of ether oxygens (including phenoxy) is 1. The second-order valence-electron chi connectivity index (χ2n) is 6.22. The molecule has 0 aliphatic carbocycles. The second-order valence-corrected chi connectivity index (χ2v) is 7.21. The van der Waals surface area contributed by atoms with Crippen molar-refractivity contribution < 1.29 is 9.53 Å². The number of thiophene rings is 1. The first-order chi connectivity index (χ1) is 11.7. The first-order valence-corrected chi connectivity index (χ1v) is 9.47. The zero-order chi connectivity index (χ0) is 16.9. The van der Waals surface area contributed by atoms with Crippen LogP contribution < -0.4 is 0 Å². The molecule has 6 heteroatoms. The van der Waals surface area contributed by atoms with E-state index in [2.05, 4.69) is 16.5 Å². The maximum absolute atomic E-state index is 12.8. The maximum Gasteiger partial charge on any atom is 0.254 e. The van der Waals surface area contributed by atoms with Gasteiger partial charge in [0.1, 0.15) is 5.82 Å². The van der Waals surface area contributed by atoms with Gasteiger partial charge in [-0.15, -0.1) is 11.3 Å². The van der Waals surface area contributed by atoms with Gasteiger partial charge in [-0.1, -0.05) is 6.92 Å². The fourth-order valence-electron chi connectivity index (χ4n) is 3.29. The Bertz CT molecular complexity index is 679. The van der Waals surface area contributed by atoms with E-state index >= 15 is 0 Å². The van der Waals surface area contributed by atoms with Gasteiger partial charge in [0.2, 0.25) is 0 Å². The third-order valence-corrected chi connectivity index (χ3v) is 5.69. The number of aromatic nitrogens is 2. The standard InChI is InChI=1S/C18H25N3O2S/c1-3-16-11-15(13-24-16)18(22)21-7-4-5-14(12-21)17-19-6-8-20(17)9-10-23-2/h6,8,11,13-14H,3-5,7,9-10,12H2,1-2H3/t14-/m0/s1. The van der Waals surface area contributed by atoms with Crippen LogP contribution in [0.3, 0.4) is 0 Å². The molecule has 1 amide bonds. The predicted octanol–water partition coefficient (Wildman–Crippen LogP) is 3.17. The summed E-state index contributed by atoms with van der Waals surface area (Å²) >= 11 is 1.67. The van der Waals surface area contributed by atoms with Crippen LogP contribution in [-0.2, 0) is 17.7 Å². The van der Waals surface area contributed by atoms with Gasteiger partial charge in [0, 0.05) is 55.3 Å². The number of methoxy groups -OCH3 is 1. The minimum absolute atomic E-state index is 0.158. The topological polar surface area (TPSA) is 47.4 Å². The van der Waals surface area contributed by atoms with Gasteiger partial charge in [-0.2, -0.15) is 0 Å². The lowest BCUT2D eigenvalue weighted by atomic mass is 9.96. The quantitative estimate of drug-likeness (QED) is 0.806. The number of aryl methyl sites for hydroxylation is 1. The van der Waals surface area contributed by atoms with Crippen LogP contribution in [0.15, 0.2) is 23.8 Å². The molecular formula is C18H25N3O2S. The van der Waals surface area contributed by atoms with Gasteiger partial charge in [-0.3, -0.25) is 4.79 Å². The average molecular weight is 347 g/mol. The van der Waals surface area contributed by atoms with E-state index in [-0.39, 0.29) is 5.91 Å². The van der Waals surface area contributed by atoms with Crippen molar-refractivity contribution in [3.63, 3.8) is 0 Å². The number of carbonyl (C=O) groups excluding carboxylic acids is 1. The molecule has 1 saturated heterocycles. The largest absolute Gasteiger partial charge is 0.383 e. The monoisotopic (exact) mass is 347 g/mol. The van der Waals surface area contributed by atoms with Crippen LogP contribution in [0.5, 0.6) is 0 Å². The molecule has 130 valence electrons. The van der Waals surface area contributed by atoms with Crippen LogP contribution in [0.1, 0.15) is 46.7 Å². The molecule has 1 fully saturated rings. The number of nitrogens with zero attached hydrogens (tertiary/aromatic N) is 3. The summed E-state index contributed by atoms with van der Waals surface area (Å²) < 4.78 is 7.33. The molecular weight excluding hydrogens is 322 g/mol. The van der Waals surface area contributed by atoms with Crippen molar-refractivity contribution in [2.45, 2.75) is 38.6 Å². The average Bonchev–Trinajstić information content (AvgIpc) is 3.28. The van der Waals surface area contributed by atoms with Crippen molar-refractivity contribution >= 4 is 17.2 Å². The number of amides is 1. The third-order valence-electron chi connectivity index (χ3n) is 4.61. The van der Waals surface area contributed by atoms with Crippen molar-refractivity contribution in [3.8, 4) is 0 Å². The molecule has 2 aromatic heterocycles. The summed E-state index contributed by atoms with van der Waals surface area (Å²) in [7, 11) is 1.71. The highest BCUT2D eigenvalue weighted by atomic mass is 32.1. The summed E-state index contributed by atoms with van der Waals surface area (Å²) in [5.41, 5.74) is 0.834. The Morgan fingerprint density at radius 3 is 3.12 bits per heavy atom. The summed E-state index contributed by atoms with van der Waals surface area (Å²) in [5, 5.41) is 1.99. The number of carbonyl (C=O) groups is 1. The van der Waals surface area contributed by atoms with Crippen LogP contribution in [0.2, 0.25) is 0 Å². The van der Waals surface area contributed by atoms with Gasteiger partial charge in [-0.05, 0) is 25.3 Å². The number of hydrogen-bond acceptors (Lipinski definition) is 4. The van der Waals surface area contributed by atoms with Gasteiger partial charge in [0.25, 0.3) is 5.91 Å². The molecule has 5 nitrogen and oxygen atoms in total. The predicted molar refractivity (Wildman–Crippen MR) is 95.7 cm³/mol. The van der Waals surface area contributed by atoms with Gasteiger partial charge in [0.15, 0.2) is 0 Å². The number of likely N-dealkylation sites (tertiary alicyclic amines) is 1. The third kappa shape index (κ3) is 3.70. The molecule has 0 unspecified atom stereocenters. The van der Waals surface area contributed by atoms with Gasteiger partial charge < -0.3 is 14.2 Å². The number of hydrogen-bond donors (Lipinski definition) is 0. The Hall–Kier alpha value is -1.66. The first kappa shape index (κ1) is 17.2. The van der Waals surface area contributed by atoms with Crippen LogP contribution in [0, 0.1) is 0 Å². The van der Waals surface area contributed by atoms with E-state index in [0.29, 0.717) is 12.5 Å². The van der Waals surface area contributed by atoms with Crippen molar-refractivity contribution in [2.24, 2.45) is 0 Å². The van der Waals surface area contributed by atoms with Crippen molar-refractivity contribution in [1.82, 2.24) is 14.5 Å². The molecule has 0 spiro atoms. The molecule has 1 atom stereocenters. The molecule has 0 aromatic carbocycles. The lowest BCUT2D eigenvalue weighted by Gasteiger charge is -2.32. The summed E-state index contributed by atoms with van der Waals surface area (Å²) in [6.07, 6.45) is 6.94. The molecule has 0 N–H and O–H groups in total. The number of imidazole rings is 1. The summed E-state index contributed by atoms with van der Waals surface area (Å²) in [5.74, 6) is 1.54. The summed E-state index contributed by atoms with van der Waals surface area (Å²) in [6, 6.07) is 2.04. The molecule has 0 radical (unpaired) electrons. The summed E-state index contributed by atoms with van der Waals surface area (Å²) in [4.78, 5) is 20.6. The zero-order valence-electron chi connectivity index (χ0n) is 14.4. The molecule has 24 heavy (non-hydrogen) atoms. The highest BCUT2D eigenvalue weighted by Gasteiger charge is 2.28. The zero-order valence-corrected chi connectivity index (χ0v) is 15.2. The van der Waals surface area contributed by atoms with E-state index in [9.17, 15) is 4.79 Å². The van der Waals surface area contributed by atoms with E-state index < -0.39 is 0 Å². The molecule has 3 rings (SSSR count). The molecule has 1 aliphatic heterocycles. The van der Waals surface area contributed by atoms with Crippen molar-refractivity contribution in [3.05, 3.63) is 40.1 Å². The van der Waals surface area contributed by atoms with Crippen LogP contribution in [0.4, 0.5) is 0 Å². The Balaban J connectivity index is 1.70. The van der Waals surface area contributed by atoms with E-state index in [4.69, 9.17) is 4.74 Å². The van der Waals surface area contributed by atoms with E-state index in [1.54, 1.807) is 18.4 Å². The Labute approximate surface area is 147 Å². The van der Waals surface area contributed by atoms with E-state index in [1.807, 2.05) is 28.7 Å². The fraction of sp³-hybridized carbons (Fsp3) is 0.556. The van der Waals surface area contributed by atoms with Gasteiger partial charge >= 0.3 is 0 Å².